The summed E-state index contributed by atoms with van der Waals surface area (Å²) in [7, 11) is 0. The van der Waals surface area contributed by atoms with Crippen LogP contribution in [0.25, 0.3) is 11.3 Å². The second-order valence-corrected chi connectivity index (χ2v) is 8.53. The van der Waals surface area contributed by atoms with Crippen LogP contribution >= 0.6 is 0 Å². The molecule has 32 heavy (non-hydrogen) atoms. The van der Waals surface area contributed by atoms with E-state index in [0.717, 1.165) is 11.1 Å². The first kappa shape index (κ1) is 22.0. The summed E-state index contributed by atoms with van der Waals surface area (Å²) in [6, 6.07) is 20.6. The van der Waals surface area contributed by atoms with Gasteiger partial charge in [0, 0.05) is 31.1 Å². The third-order valence-corrected chi connectivity index (χ3v) is 6.55. The van der Waals surface area contributed by atoms with Crippen LogP contribution < -0.4 is 5.56 Å². The van der Waals surface area contributed by atoms with Crippen molar-refractivity contribution in [3.05, 3.63) is 89.0 Å². The molecular formula is C26H29N3O3. The summed E-state index contributed by atoms with van der Waals surface area (Å²) in [5.41, 5.74) is 1.39. The van der Waals surface area contributed by atoms with Crippen LogP contribution in [0.3, 0.4) is 0 Å². The lowest BCUT2D eigenvalue weighted by molar-refractivity contribution is -0.137. The molecule has 2 aromatic carbocycles. The first-order valence-electron chi connectivity index (χ1n) is 11.1. The van der Waals surface area contributed by atoms with Gasteiger partial charge in [0.2, 0.25) is 5.91 Å². The smallest absolute Gasteiger partial charge is 0.254 e. The molecule has 0 radical (unpaired) electrons. The molecule has 4 rings (SSSR count). The lowest BCUT2D eigenvalue weighted by Crippen LogP contribution is -2.51. The van der Waals surface area contributed by atoms with Crippen molar-refractivity contribution in [1.29, 1.82) is 0 Å². The molecule has 1 aromatic heterocycles. The van der Waals surface area contributed by atoms with E-state index in [1.807, 2.05) is 72.5 Å². The van der Waals surface area contributed by atoms with Gasteiger partial charge in [0.25, 0.3) is 5.56 Å². The Balaban J connectivity index is 1.38. The molecule has 0 bridgehead atoms. The molecule has 0 aliphatic carbocycles. The van der Waals surface area contributed by atoms with Crippen LogP contribution in [-0.2, 0) is 11.2 Å². The monoisotopic (exact) mass is 431 g/mol. The summed E-state index contributed by atoms with van der Waals surface area (Å²) >= 11 is 0. The van der Waals surface area contributed by atoms with Gasteiger partial charge in [-0.15, -0.1) is 0 Å². The number of aromatic nitrogens is 2. The number of carbonyl (C=O) groups excluding carboxylic acids is 1. The maximum absolute atomic E-state index is 12.8. The van der Waals surface area contributed by atoms with Gasteiger partial charge in [-0.1, -0.05) is 60.7 Å². The Morgan fingerprint density at radius 3 is 2.31 bits per heavy atom. The zero-order chi connectivity index (χ0) is 22.6. The summed E-state index contributed by atoms with van der Waals surface area (Å²) in [6.45, 7) is 2.82. The van der Waals surface area contributed by atoms with Crippen LogP contribution in [0.4, 0.5) is 0 Å². The van der Waals surface area contributed by atoms with E-state index in [2.05, 4.69) is 4.98 Å². The third-order valence-electron chi connectivity index (χ3n) is 6.55. The van der Waals surface area contributed by atoms with Gasteiger partial charge in [-0.3, -0.25) is 14.2 Å². The molecule has 0 saturated carbocycles. The summed E-state index contributed by atoms with van der Waals surface area (Å²) < 4.78 is 1.50. The van der Waals surface area contributed by atoms with Gasteiger partial charge in [-0.05, 0) is 31.7 Å². The molecule has 166 valence electrons. The molecule has 1 N–H and O–H groups in total. The van der Waals surface area contributed by atoms with E-state index in [1.54, 1.807) is 0 Å². The largest absolute Gasteiger partial charge is 0.388 e. The molecule has 1 aliphatic rings. The van der Waals surface area contributed by atoms with Crippen LogP contribution in [0.5, 0.6) is 0 Å². The second kappa shape index (κ2) is 9.49. The van der Waals surface area contributed by atoms with Crippen molar-refractivity contribution in [2.45, 2.75) is 44.2 Å². The Kier molecular flexibility index (Phi) is 6.51. The topological polar surface area (TPSA) is 75.4 Å². The van der Waals surface area contributed by atoms with Gasteiger partial charge in [0.15, 0.2) is 0 Å². The number of amides is 1. The number of rotatable bonds is 6. The number of likely N-dealkylation sites (tertiary alicyclic amines) is 1. The molecule has 6 nitrogen and oxygen atoms in total. The maximum Gasteiger partial charge on any atom is 0.254 e. The van der Waals surface area contributed by atoms with Gasteiger partial charge in [-0.25, -0.2) is 4.98 Å². The fourth-order valence-corrected chi connectivity index (χ4v) is 4.34. The molecule has 6 heteroatoms. The van der Waals surface area contributed by atoms with Gasteiger partial charge in [-0.2, -0.15) is 0 Å². The molecule has 2 heterocycles. The van der Waals surface area contributed by atoms with Crippen LogP contribution in [0, 0.1) is 0 Å². The first-order chi connectivity index (χ1) is 15.5. The Bertz CT molecular complexity index is 1100. The van der Waals surface area contributed by atoms with Crippen molar-refractivity contribution in [1.82, 2.24) is 14.5 Å². The number of hydrogen-bond acceptors (Lipinski definition) is 4. The number of carbonyl (C=O) groups is 1. The van der Waals surface area contributed by atoms with E-state index in [-0.39, 0.29) is 11.5 Å². The van der Waals surface area contributed by atoms with E-state index in [4.69, 9.17) is 0 Å². The lowest BCUT2D eigenvalue weighted by Gasteiger charge is -2.42. The van der Waals surface area contributed by atoms with Crippen molar-refractivity contribution in [3.8, 4) is 11.3 Å². The number of aliphatic hydroxyl groups is 1. The summed E-state index contributed by atoms with van der Waals surface area (Å²) in [5.74, 6) is 0.106. The zero-order valence-electron chi connectivity index (χ0n) is 18.4. The fourth-order valence-electron chi connectivity index (χ4n) is 4.34. The highest BCUT2D eigenvalue weighted by Crippen LogP contribution is 2.32. The van der Waals surface area contributed by atoms with Crippen molar-refractivity contribution in [2.75, 3.05) is 13.1 Å². The molecule has 3 aromatic rings. The van der Waals surface area contributed by atoms with Crippen molar-refractivity contribution >= 4 is 5.91 Å². The lowest BCUT2D eigenvalue weighted by atomic mass is 9.84. The summed E-state index contributed by atoms with van der Waals surface area (Å²) in [4.78, 5) is 31.7. The van der Waals surface area contributed by atoms with Gasteiger partial charge >= 0.3 is 0 Å². The molecule has 0 spiro atoms. The third kappa shape index (κ3) is 4.81. The van der Waals surface area contributed by atoms with Crippen molar-refractivity contribution < 1.29 is 9.90 Å². The molecule has 1 unspecified atom stereocenters. The molecule has 1 amide bonds. The van der Waals surface area contributed by atoms with E-state index < -0.39 is 11.6 Å². The normalized spacial score (nSPS) is 16.5. The Morgan fingerprint density at radius 1 is 1.06 bits per heavy atom. The zero-order valence-corrected chi connectivity index (χ0v) is 18.4. The van der Waals surface area contributed by atoms with Crippen LogP contribution in [0.2, 0.25) is 0 Å². The molecule has 1 saturated heterocycles. The van der Waals surface area contributed by atoms with E-state index in [1.165, 1.54) is 17.0 Å². The van der Waals surface area contributed by atoms with E-state index >= 15 is 0 Å². The number of benzene rings is 2. The van der Waals surface area contributed by atoms with Crippen molar-refractivity contribution in [2.24, 2.45) is 0 Å². The Morgan fingerprint density at radius 2 is 1.69 bits per heavy atom. The Hall–Kier alpha value is -3.25. The SMILES string of the molecule is CC(n1cnc(-c2ccccc2)cc1=O)C1(O)CCN(C(=O)CCc2ccccc2)CC1. The number of piperidine rings is 1. The summed E-state index contributed by atoms with van der Waals surface area (Å²) in [5, 5.41) is 11.3. The van der Waals surface area contributed by atoms with E-state index in [0.29, 0.717) is 44.5 Å². The van der Waals surface area contributed by atoms with Crippen molar-refractivity contribution in [3.63, 3.8) is 0 Å². The minimum absolute atomic E-state index is 0.106. The second-order valence-electron chi connectivity index (χ2n) is 8.53. The minimum atomic E-state index is -1.06. The highest BCUT2D eigenvalue weighted by molar-refractivity contribution is 5.76. The predicted molar refractivity (Wildman–Crippen MR) is 124 cm³/mol. The van der Waals surface area contributed by atoms with Crippen LogP contribution in [0.1, 0.15) is 37.8 Å². The Labute approximate surface area is 188 Å². The first-order valence-corrected chi connectivity index (χ1v) is 11.1. The molecule has 1 fully saturated rings. The van der Waals surface area contributed by atoms with E-state index in [9.17, 15) is 14.7 Å². The molecule has 1 aliphatic heterocycles. The van der Waals surface area contributed by atoms with Gasteiger partial charge in [0.1, 0.15) is 0 Å². The average Bonchev–Trinajstić information content (AvgIpc) is 2.84. The van der Waals surface area contributed by atoms with Gasteiger partial charge in [0.05, 0.1) is 23.7 Å². The predicted octanol–water partition coefficient (Wildman–Crippen LogP) is 3.46. The standard InChI is InChI=1S/C26H29N3O3/c1-20(29-19-27-23(18-25(29)31)22-10-6-3-7-11-22)26(32)14-16-28(17-15-26)24(30)13-12-21-8-4-2-5-9-21/h2-11,18-20,32H,12-17H2,1H3. The number of hydrogen-bond donors (Lipinski definition) is 1. The van der Waals surface area contributed by atoms with Crippen LogP contribution in [-0.4, -0.2) is 44.2 Å². The highest BCUT2D eigenvalue weighted by Gasteiger charge is 2.39. The fraction of sp³-hybridized carbons (Fsp3) is 0.346. The average molecular weight is 432 g/mol. The summed E-state index contributed by atoms with van der Waals surface area (Å²) in [6.07, 6.45) is 3.55. The number of aryl methyl sites for hydroxylation is 1. The maximum atomic E-state index is 12.8. The quantitative estimate of drug-likeness (QED) is 0.649. The van der Waals surface area contributed by atoms with Gasteiger partial charge < -0.3 is 10.0 Å². The minimum Gasteiger partial charge on any atom is -0.388 e. The number of nitrogens with zero attached hydrogens (tertiary/aromatic N) is 3. The van der Waals surface area contributed by atoms with Crippen LogP contribution in [0.15, 0.2) is 77.9 Å². The molecular weight excluding hydrogens is 402 g/mol. The highest BCUT2D eigenvalue weighted by atomic mass is 16.3. The molecule has 1 atom stereocenters.